The van der Waals surface area contributed by atoms with E-state index in [9.17, 15) is 9.59 Å². The Morgan fingerprint density at radius 1 is 1.14 bits per heavy atom. The zero-order valence-corrected chi connectivity index (χ0v) is 12.8. The van der Waals surface area contributed by atoms with Gasteiger partial charge in [0.1, 0.15) is 5.70 Å². The van der Waals surface area contributed by atoms with E-state index in [4.69, 9.17) is 23.2 Å². The highest BCUT2D eigenvalue weighted by Gasteiger charge is 2.34. The largest absolute Gasteiger partial charge is 0.333 e. The number of halogens is 2. The molecule has 1 aliphatic heterocycles. The van der Waals surface area contributed by atoms with Crippen LogP contribution in [0.2, 0.25) is 9.36 Å². The van der Waals surface area contributed by atoms with Crippen LogP contribution in [0, 0.1) is 0 Å². The van der Waals surface area contributed by atoms with Crippen LogP contribution < -0.4 is 10.2 Å². The molecule has 0 saturated carbocycles. The van der Waals surface area contributed by atoms with Crippen molar-refractivity contribution in [1.29, 1.82) is 0 Å². The van der Waals surface area contributed by atoms with Crippen molar-refractivity contribution in [3.8, 4) is 0 Å². The minimum Gasteiger partial charge on any atom is -0.302 e. The number of rotatable bonds is 2. The summed E-state index contributed by atoms with van der Waals surface area (Å²) in [6.07, 6.45) is 1.60. The molecule has 0 radical (unpaired) electrons. The number of anilines is 1. The highest BCUT2D eigenvalue weighted by molar-refractivity contribution is 7.17. The Balaban J connectivity index is 1.94. The Hall–Kier alpha value is -1.82. The van der Waals surface area contributed by atoms with Crippen LogP contribution in [0.3, 0.4) is 0 Å². The van der Waals surface area contributed by atoms with Crippen LogP contribution in [0.5, 0.6) is 0 Å². The number of imide groups is 1. The molecule has 2 heterocycles. The highest BCUT2D eigenvalue weighted by Crippen LogP contribution is 2.27. The number of carbonyl (C=O) groups is 2. The molecule has 4 nitrogen and oxygen atoms in total. The zero-order valence-electron chi connectivity index (χ0n) is 10.5. The predicted octanol–water partition coefficient (Wildman–Crippen LogP) is 4.15. The second-order valence-corrected chi connectivity index (χ2v) is 6.43. The van der Waals surface area contributed by atoms with Gasteiger partial charge in [-0.3, -0.25) is 4.79 Å². The second kappa shape index (κ2) is 5.52. The third kappa shape index (κ3) is 2.81. The molecule has 2 aromatic rings. The van der Waals surface area contributed by atoms with E-state index in [0.29, 0.717) is 15.0 Å². The monoisotopic (exact) mass is 338 g/mol. The van der Waals surface area contributed by atoms with Gasteiger partial charge in [-0.15, -0.1) is 11.3 Å². The van der Waals surface area contributed by atoms with E-state index in [1.54, 1.807) is 42.5 Å². The Kier molecular flexibility index (Phi) is 3.71. The van der Waals surface area contributed by atoms with E-state index in [2.05, 4.69) is 5.32 Å². The Labute approximate surface area is 134 Å². The lowest BCUT2D eigenvalue weighted by Crippen LogP contribution is -2.30. The van der Waals surface area contributed by atoms with Crippen molar-refractivity contribution >= 4 is 58.2 Å². The summed E-state index contributed by atoms with van der Waals surface area (Å²) in [7, 11) is 0. The maximum Gasteiger partial charge on any atom is 0.333 e. The van der Waals surface area contributed by atoms with Crippen molar-refractivity contribution in [2.24, 2.45) is 0 Å². The lowest BCUT2D eigenvalue weighted by Gasteiger charge is -2.11. The molecule has 3 rings (SSSR count). The van der Waals surface area contributed by atoms with Crippen molar-refractivity contribution in [3.05, 3.63) is 56.3 Å². The summed E-state index contributed by atoms with van der Waals surface area (Å²) >= 11 is 13.1. The maximum absolute atomic E-state index is 12.3. The molecule has 0 aliphatic carbocycles. The van der Waals surface area contributed by atoms with Crippen LogP contribution in [-0.2, 0) is 4.79 Å². The maximum atomic E-state index is 12.3. The molecule has 7 heteroatoms. The Morgan fingerprint density at radius 2 is 1.95 bits per heavy atom. The number of nitrogens with zero attached hydrogens (tertiary/aromatic N) is 1. The zero-order chi connectivity index (χ0) is 15.0. The number of benzene rings is 1. The van der Waals surface area contributed by atoms with Gasteiger partial charge in [-0.25, -0.2) is 9.69 Å². The molecule has 0 atom stereocenters. The first-order valence-electron chi connectivity index (χ1n) is 5.92. The predicted molar refractivity (Wildman–Crippen MR) is 84.8 cm³/mol. The first-order chi connectivity index (χ1) is 10.0. The number of carbonyl (C=O) groups excluding carboxylic acids is 2. The molecule has 0 spiro atoms. The summed E-state index contributed by atoms with van der Waals surface area (Å²) in [6, 6.07) is 9.57. The van der Waals surface area contributed by atoms with Crippen LogP contribution in [0.15, 0.2) is 42.1 Å². The normalized spacial score (nSPS) is 16.7. The number of hydrogen-bond acceptors (Lipinski definition) is 3. The highest BCUT2D eigenvalue weighted by atomic mass is 35.5. The molecule has 1 N–H and O–H groups in total. The number of urea groups is 1. The molecule has 1 aliphatic rings. The molecule has 3 amide bonds. The molecular formula is C14H8Cl2N2O2S. The standard InChI is InChI=1S/C14H8Cl2N2O2S/c15-8-2-1-3-9(6-8)18-13(19)11(17-14(18)20)7-10-4-5-12(16)21-10/h1-7H,(H,17,20)/b11-7-. The van der Waals surface area contributed by atoms with Gasteiger partial charge in [0.15, 0.2) is 0 Å². The van der Waals surface area contributed by atoms with E-state index in [-0.39, 0.29) is 5.70 Å². The van der Waals surface area contributed by atoms with Gasteiger partial charge < -0.3 is 5.32 Å². The molecule has 0 bridgehead atoms. The van der Waals surface area contributed by atoms with Crippen molar-refractivity contribution in [2.75, 3.05) is 4.90 Å². The van der Waals surface area contributed by atoms with Gasteiger partial charge in [-0.05, 0) is 36.4 Å². The van der Waals surface area contributed by atoms with E-state index < -0.39 is 11.9 Å². The fraction of sp³-hybridized carbons (Fsp3) is 0. The number of amides is 3. The SMILES string of the molecule is O=C1N/C(=C\c2ccc(Cl)s2)C(=O)N1c1cccc(Cl)c1. The van der Waals surface area contributed by atoms with Crippen molar-refractivity contribution in [1.82, 2.24) is 5.32 Å². The second-order valence-electron chi connectivity index (χ2n) is 4.25. The first kappa shape index (κ1) is 14.1. The molecule has 1 saturated heterocycles. The Bertz CT molecular complexity index is 770. The van der Waals surface area contributed by atoms with Gasteiger partial charge in [0.05, 0.1) is 10.0 Å². The molecule has 0 unspecified atom stereocenters. The third-order valence-corrected chi connectivity index (χ3v) is 4.24. The number of nitrogens with one attached hydrogen (secondary N) is 1. The summed E-state index contributed by atoms with van der Waals surface area (Å²) in [5.41, 5.74) is 0.635. The third-order valence-electron chi connectivity index (χ3n) is 2.83. The van der Waals surface area contributed by atoms with Crippen molar-refractivity contribution in [3.63, 3.8) is 0 Å². The topological polar surface area (TPSA) is 49.4 Å². The van der Waals surface area contributed by atoms with E-state index in [1.165, 1.54) is 11.3 Å². The quantitative estimate of drug-likeness (QED) is 0.660. The lowest BCUT2D eigenvalue weighted by atomic mass is 10.3. The Morgan fingerprint density at radius 3 is 2.62 bits per heavy atom. The number of thiophene rings is 1. The van der Waals surface area contributed by atoms with E-state index in [0.717, 1.165) is 9.78 Å². The van der Waals surface area contributed by atoms with Gasteiger partial charge in [0.25, 0.3) is 5.91 Å². The fourth-order valence-corrected chi connectivity index (χ4v) is 3.12. The molecule has 106 valence electrons. The van der Waals surface area contributed by atoms with Crippen molar-refractivity contribution in [2.45, 2.75) is 0 Å². The van der Waals surface area contributed by atoms with Crippen LogP contribution in [0.1, 0.15) is 4.88 Å². The van der Waals surface area contributed by atoms with E-state index in [1.807, 2.05) is 0 Å². The minimum absolute atomic E-state index is 0.207. The lowest BCUT2D eigenvalue weighted by molar-refractivity contribution is -0.113. The average Bonchev–Trinajstić information content (AvgIpc) is 2.94. The van der Waals surface area contributed by atoms with Gasteiger partial charge in [0, 0.05) is 9.90 Å². The van der Waals surface area contributed by atoms with Gasteiger partial charge >= 0.3 is 6.03 Å². The molecular weight excluding hydrogens is 331 g/mol. The van der Waals surface area contributed by atoms with Crippen LogP contribution >= 0.6 is 34.5 Å². The van der Waals surface area contributed by atoms with Crippen molar-refractivity contribution < 1.29 is 9.59 Å². The molecule has 1 aromatic carbocycles. The van der Waals surface area contributed by atoms with Gasteiger partial charge in [0.2, 0.25) is 0 Å². The molecule has 1 aromatic heterocycles. The van der Waals surface area contributed by atoms with Crippen LogP contribution in [0.25, 0.3) is 6.08 Å². The number of hydrogen-bond donors (Lipinski definition) is 1. The average molecular weight is 339 g/mol. The molecule has 1 fully saturated rings. The summed E-state index contributed by atoms with van der Waals surface area (Å²) in [6.45, 7) is 0. The van der Waals surface area contributed by atoms with Crippen LogP contribution in [0.4, 0.5) is 10.5 Å². The van der Waals surface area contributed by atoms with E-state index >= 15 is 0 Å². The minimum atomic E-state index is -0.504. The summed E-state index contributed by atoms with van der Waals surface area (Å²) in [5, 5.41) is 3.00. The first-order valence-corrected chi connectivity index (χ1v) is 7.50. The fourth-order valence-electron chi connectivity index (χ4n) is 1.93. The summed E-state index contributed by atoms with van der Waals surface area (Å²) in [4.78, 5) is 26.2. The summed E-state index contributed by atoms with van der Waals surface area (Å²) < 4.78 is 0.616. The van der Waals surface area contributed by atoms with Gasteiger partial charge in [-0.1, -0.05) is 29.3 Å². The van der Waals surface area contributed by atoms with Crippen LogP contribution in [-0.4, -0.2) is 11.9 Å². The summed E-state index contributed by atoms with van der Waals surface area (Å²) in [5.74, 6) is -0.424. The van der Waals surface area contributed by atoms with Gasteiger partial charge in [-0.2, -0.15) is 0 Å². The molecule has 21 heavy (non-hydrogen) atoms. The smallest absolute Gasteiger partial charge is 0.302 e.